The number of hydrazone groups is 1. The number of aryl methyl sites for hydroxylation is 1. The van der Waals surface area contributed by atoms with Crippen LogP contribution in [0.15, 0.2) is 29.4 Å². The molecule has 1 aliphatic rings. The number of carbonyl (C=O) groups is 1. The van der Waals surface area contributed by atoms with E-state index in [2.05, 4.69) is 31.1 Å². The number of benzene rings is 1. The zero-order chi connectivity index (χ0) is 15.2. The van der Waals surface area contributed by atoms with Crippen LogP contribution in [0.2, 0.25) is 0 Å². The van der Waals surface area contributed by atoms with E-state index in [0.717, 1.165) is 37.0 Å². The topological polar surface area (TPSA) is 58.7 Å². The first-order valence-corrected chi connectivity index (χ1v) is 7.80. The molecule has 4 heteroatoms. The quantitative estimate of drug-likeness (QED) is 0.838. The molecule has 2 N–H and O–H groups in total. The van der Waals surface area contributed by atoms with E-state index in [1.807, 2.05) is 12.1 Å². The van der Waals surface area contributed by atoms with Crippen molar-refractivity contribution in [2.45, 2.75) is 46.1 Å². The van der Waals surface area contributed by atoms with Gasteiger partial charge in [-0.1, -0.05) is 37.6 Å². The van der Waals surface area contributed by atoms with Crippen LogP contribution in [0.5, 0.6) is 0 Å². The Kier molecular flexibility index (Phi) is 5.51. The monoisotopic (exact) mass is 287 g/mol. The maximum atomic E-state index is 12.6. The van der Waals surface area contributed by atoms with Crippen LogP contribution in [0.25, 0.3) is 0 Å². The molecule has 2 rings (SSSR count). The van der Waals surface area contributed by atoms with Gasteiger partial charge in [-0.25, -0.2) is 5.01 Å². The highest BCUT2D eigenvalue weighted by molar-refractivity contribution is 6.07. The van der Waals surface area contributed by atoms with E-state index >= 15 is 0 Å². The van der Waals surface area contributed by atoms with E-state index in [-0.39, 0.29) is 11.8 Å². The molecule has 0 spiro atoms. The number of nitrogens with zero attached hydrogens (tertiary/aromatic N) is 2. The van der Waals surface area contributed by atoms with Crippen molar-refractivity contribution in [1.82, 2.24) is 5.01 Å². The molecule has 0 bridgehead atoms. The van der Waals surface area contributed by atoms with Gasteiger partial charge in [0.1, 0.15) is 0 Å². The van der Waals surface area contributed by atoms with Gasteiger partial charge in [0.05, 0.1) is 18.2 Å². The van der Waals surface area contributed by atoms with Crippen molar-refractivity contribution in [2.24, 2.45) is 16.8 Å². The van der Waals surface area contributed by atoms with Crippen molar-refractivity contribution >= 4 is 11.6 Å². The van der Waals surface area contributed by atoms with E-state index in [4.69, 9.17) is 5.73 Å². The minimum absolute atomic E-state index is 0.0579. The van der Waals surface area contributed by atoms with Gasteiger partial charge in [-0.3, -0.25) is 4.79 Å². The van der Waals surface area contributed by atoms with Gasteiger partial charge in [-0.15, -0.1) is 0 Å². The molecule has 0 radical (unpaired) electrons. The molecule has 1 aliphatic heterocycles. The third-order valence-corrected chi connectivity index (χ3v) is 3.99. The Morgan fingerprint density at radius 2 is 2.10 bits per heavy atom. The number of hydrogen-bond acceptors (Lipinski definition) is 3. The highest BCUT2D eigenvalue weighted by atomic mass is 16.2. The minimum atomic E-state index is -0.0579. The van der Waals surface area contributed by atoms with E-state index < -0.39 is 0 Å². The molecule has 1 atom stereocenters. The molecule has 1 amide bonds. The first-order valence-electron chi connectivity index (χ1n) is 7.80. The summed E-state index contributed by atoms with van der Waals surface area (Å²) in [4.78, 5) is 12.6. The first kappa shape index (κ1) is 15.7. The molecule has 1 unspecified atom stereocenters. The van der Waals surface area contributed by atoms with Gasteiger partial charge in [0, 0.05) is 0 Å². The summed E-state index contributed by atoms with van der Waals surface area (Å²) in [5, 5.41) is 6.24. The number of carbonyl (C=O) groups excluding carboxylic acids is 1. The zero-order valence-corrected chi connectivity index (χ0v) is 13.0. The number of nitrogens with two attached hydrogens (primary N) is 1. The average Bonchev–Trinajstić information content (AvgIpc) is 2.76. The summed E-state index contributed by atoms with van der Waals surface area (Å²) in [6.45, 7) is 5.38. The van der Waals surface area contributed by atoms with Gasteiger partial charge >= 0.3 is 0 Å². The Morgan fingerprint density at radius 1 is 1.33 bits per heavy atom. The molecule has 0 fully saturated rings. The van der Waals surface area contributed by atoms with E-state index in [1.54, 1.807) is 5.01 Å². The molecule has 1 heterocycles. The van der Waals surface area contributed by atoms with E-state index in [1.165, 1.54) is 5.56 Å². The van der Waals surface area contributed by atoms with Crippen LogP contribution in [-0.4, -0.2) is 23.2 Å². The van der Waals surface area contributed by atoms with Crippen LogP contribution in [-0.2, 0) is 11.3 Å². The van der Waals surface area contributed by atoms with Crippen molar-refractivity contribution in [2.75, 3.05) is 6.54 Å². The fourth-order valence-electron chi connectivity index (χ4n) is 2.75. The average molecular weight is 287 g/mol. The molecule has 0 aliphatic carbocycles. The molecular formula is C17H25N3O. The normalized spacial score (nSPS) is 18.2. The number of rotatable bonds is 7. The lowest BCUT2D eigenvalue weighted by Gasteiger charge is -2.15. The standard InChI is InChI=1S/C17H25N3O/c1-3-7-16-15(10-6-11-18)17(21)20(19-16)12-14-9-5-4-8-13(14)2/h4-5,8-9,15H,3,6-7,10-12,18H2,1-2H3. The second-order valence-electron chi connectivity index (χ2n) is 5.65. The van der Waals surface area contributed by atoms with Gasteiger partial charge < -0.3 is 5.73 Å². The first-order chi connectivity index (χ1) is 10.2. The zero-order valence-electron chi connectivity index (χ0n) is 13.0. The maximum absolute atomic E-state index is 12.6. The van der Waals surface area contributed by atoms with Gasteiger partial charge in [0.2, 0.25) is 0 Å². The van der Waals surface area contributed by atoms with Gasteiger partial charge in [0.15, 0.2) is 0 Å². The molecule has 114 valence electrons. The molecule has 4 nitrogen and oxygen atoms in total. The summed E-state index contributed by atoms with van der Waals surface area (Å²) >= 11 is 0. The fourth-order valence-corrected chi connectivity index (χ4v) is 2.75. The molecule has 0 saturated carbocycles. The SMILES string of the molecule is CCCC1=NN(Cc2ccccc2C)C(=O)C1CCCN. The van der Waals surface area contributed by atoms with Crippen molar-refractivity contribution in [3.05, 3.63) is 35.4 Å². The summed E-state index contributed by atoms with van der Waals surface area (Å²) in [5.74, 6) is 0.0765. The summed E-state index contributed by atoms with van der Waals surface area (Å²) in [6, 6.07) is 8.15. The van der Waals surface area contributed by atoms with Crippen LogP contribution in [0.3, 0.4) is 0 Å². The number of hydrogen-bond donors (Lipinski definition) is 1. The third-order valence-electron chi connectivity index (χ3n) is 3.99. The Labute approximate surface area is 127 Å². The van der Waals surface area contributed by atoms with Gasteiger partial charge in [0.25, 0.3) is 5.91 Å². The van der Waals surface area contributed by atoms with E-state index in [9.17, 15) is 4.79 Å². The smallest absolute Gasteiger partial charge is 0.251 e. The fraction of sp³-hybridized carbons (Fsp3) is 0.529. The lowest BCUT2D eigenvalue weighted by Crippen LogP contribution is -2.28. The van der Waals surface area contributed by atoms with Crippen molar-refractivity contribution in [3.8, 4) is 0 Å². The Hall–Kier alpha value is -1.68. The molecule has 0 saturated heterocycles. The lowest BCUT2D eigenvalue weighted by atomic mass is 9.94. The van der Waals surface area contributed by atoms with Crippen molar-refractivity contribution in [1.29, 1.82) is 0 Å². The second-order valence-corrected chi connectivity index (χ2v) is 5.65. The predicted octanol–water partition coefficient (Wildman–Crippen LogP) is 2.85. The maximum Gasteiger partial charge on any atom is 0.251 e. The Morgan fingerprint density at radius 3 is 2.76 bits per heavy atom. The largest absolute Gasteiger partial charge is 0.330 e. The minimum Gasteiger partial charge on any atom is -0.330 e. The number of amides is 1. The molecular weight excluding hydrogens is 262 g/mol. The van der Waals surface area contributed by atoms with Crippen LogP contribution in [0.1, 0.15) is 43.7 Å². The van der Waals surface area contributed by atoms with E-state index in [0.29, 0.717) is 13.1 Å². The summed E-state index contributed by atoms with van der Waals surface area (Å²) in [5.41, 5.74) is 8.97. The summed E-state index contributed by atoms with van der Waals surface area (Å²) < 4.78 is 0. The molecule has 0 aromatic heterocycles. The molecule has 1 aromatic rings. The van der Waals surface area contributed by atoms with Crippen molar-refractivity contribution < 1.29 is 4.79 Å². The molecule has 1 aromatic carbocycles. The van der Waals surface area contributed by atoms with Crippen molar-refractivity contribution in [3.63, 3.8) is 0 Å². The summed E-state index contributed by atoms with van der Waals surface area (Å²) in [7, 11) is 0. The highest BCUT2D eigenvalue weighted by Crippen LogP contribution is 2.25. The third kappa shape index (κ3) is 3.70. The van der Waals surface area contributed by atoms with Crippen LogP contribution in [0.4, 0.5) is 0 Å². The molecule has 21 heavy (non-hydrogen) atoms. The van der Waals surface area contributed by atoms with Crippen LogP contribution >= 0.6 is 0 Å². The van der Waals surface area contributed by atoms with Crippen LogP contribution in [0, 0.1) is 12.8 Å². The predicted molar refractivity (Wildman–Crippen MR) is 85.9 cm³/mol. The summed E-state index contributed by atoms with van der Waals surface area (Å²) in [6.07, 6.45) is 3.60. The second kappa shape index (κ2) is 7.36. The Balaban J connectivity index is 2.13. The lowest BCUT2D eigenvalue weighted by molar-refractivity contribution is -0.132. The van der Waals surface area contributed by atoms with Gasteiger partial charge in [-0.2, -0.15) is 5.10 Å². The highest BCUT2D eigenvalue weighted by Gasteiger charge is 2.34. The van der Waals surface area contributed by atoms with Gasteiger partial charge in [-0.05, 0) is 43.9 Å². The Bertz CT molecular complexity index is 525. The van der Waals surface area contributed by atoms with Crippen LogP contribution < -0.4 is 5.73 Å².